The number of H-pyrrole nitrogens is 1. The first-order valence-electron chi connectivity index (χ1n) is 7.98. The van der Waals surface area contributed by atoms with Gasteiger partial charge in [-0.25, -0.2) is 4.98 Å². The zero-order valence-electron chi connectivity index (χ0n) is 13.9. The summed E-state index contributed by atoms with van der Waals surface area (Å²) in [5.41, 5.74) is 1.36. The average Bonchev–Trinajstić information content (AvgIpc) is 2.97. The molecule has 0 aliphatic carbocycles. The molecule has 3 rings (SSSR count). The van der Waals surface area contributed by atoms with Gasteiger partial charge >= 0.3 is 0 Å². The van der Waals surface area contributed by atoms with Gasteiger partial charge in [-0.3, -0.25) is 14.3 Å². The van der Waals surface area contributed by atoms with Gasteiger partial charge in [0, 0.05) is 37.5 Å². The van der Waals surface area contributed by atoms with Crippen molar-refractivity contribution in [2.75, 3.05) is 19.7 Å². The number of nitrogens with one attached hydrogen (secondary N) is 1. The zero-order valence-corrected chi connectivity index (χ0v) is 13.9. The van der Waals surface area contributed by atoms with Crippen molar-refractivity contribution in [3.63, 3.8) is 0 Å². The van der Waals surface area contributed by atoms with Gasteiger partial charge in [0.1, 0.15) is 11.9 Å². The molecule has 1 amide bonds. The zero-order chi connectivity index (χ0) is 17.1. The summed E-state index contributed by atoms with van der Waals surface area (Å²) >= 11 is 0. The molecule has 1 fully saturated rings. The first-order valence-corrected chi connectivity index (χ1v) is 7.98. The Hall–Kier alpha value is -2.48. The Balaban J connectivity index is 1.62. The van der Waals surface area contributed by atoms with E-state index in [0.29, 0.717) is 44.2 Å². The van der Waals surface area contributed by atoms with E-state index in [4.69, 9.17) is 4.74 Å². The van der Waals surface area contributed by atoms with Crippen molar-refractivity contribution in [3.05, 3.63) is 45.9 Å². The normalized spacial score (nSPS) is 17.9. The van der Waals surface area contributed by atoms with Crippen LogP contribution in [0.1, 0.15) is 29.7 Å². The third-order valence-corrected chi connectivity index (χ3v) is 3.94. The lowest BCUT2D eigenvalue weighted by molar-refractivity contribution is -0.139. The fourth-order valence-corrected chi connectivity index (χ4v) is 2.75. The number of amides is 1. The summed E-state index contributed by atoms with van der Waals surface area (Å²) in [6, 6.07) is 3.34. The Labute approximate surface area is 139 Å². The molecule has 1 atom stereocenters. The number of rotatable bonds is 4. The van der Waals surface area contributed by atoms with E-state index in [9.17, 15) is 9.59 Å². The van der Waals surface area contributed by atoms with Crippen LogP contribution in [0, 0.1) is 13.8 Å². The maximum atomic E-state index is 12.4. The summed E-state index contributed by atoms with van der Waals surface area (Å²) in [5.74, 6) is 0.520. The second kappa shape index (κ2) is 6.96. The van der Waals surface area contributed by atoms with Crippen molar-refractivity contribution in [2.45, 2.75) is 32.9 Å². The van der Waals surface area contributed by atoms with E-state index in [2.05, 4.69) is 15.1 Å². The molecule has 0 unspecified atom stereocenters. The molecular weight excluding hydrogens is 310 g/mol. The van der Waals surface area contributed by atoms with E-state index in [1.165, 1.54) is 6.07 Å². The third kappa shape index (κ3) is 3.88. The number of hydrogen-bond donors (Lipinski definition) is 1. The summed E-state index contributed by atoms with van der Waals surface area (Å²) in [6.07, 6.45) is 1.85. The van der Waals surface area contributed by atoms with E-state index in [1.54, 1.807) is 16.5 Å². The first-order chi connectivity index (χ1) is 11.5. The van der Waals surface area contributed by atoms with Gasteiger partial charge in [-0.2, -0.15) is 5.10 Å². The lowest BCUT2D eigenvalue weighted by atomic mass is 10.2. The number of nitrogens with zero attached hydrogens (tertiary/aromatic N) is 4. The maximum absolute atomic E-state index is 12.4. The number of ether oxygens (including phenoxy) is 1. The summed E-state index contributed by atoms with van der Waals surface area (Å²) in [6.45, 7) is 5.59. The van der Waals surface area contributed by atoms with Crippen molar-refractivity contribution < 1.29 is 9.53 Å². The minimum absolute atomic E-state index is 0.0476. The Kier molecular flexibility index (Phi) is 4.75. The summed E-state index contributed by atoms with van der Waals surface area (Å²) in [7, 11) is 0. The van der Waals surface area contributed by atoms with E-state index in [0.717, 1.165) is 5.69 Å². The Morgan fingerprint density at radius 3 is 2.96 bits per heavy atom. The van der Waals surface area contributed by atoms with E-state index in [1.807, 2.05) is 19.2 Å². The van der Waals surface area contributed by atoms with Crippen LogP contribution in [-0.4, -0.2) is 50.3 Å². The molecule has 1 aliphatic rings. The highest BCUT2D eigenvalue weighted by Crippen LogP contribution is 2.19. The molecule has 2 aromatic rings. The molecule has 1 saturated heterocycles. The molecule has 128 valence electrons. The largest absolute Gasteiger partial charge is 0.367 e. The number of aromatic amines is 1. The molecule has 1 aliphatic heterocycles. The monoisotopic (exact) mass is 331 g/mol. The predicted octanol–water partition coefficient (Wildman–Crippen LogP) is 0.573. The number of aryl methyl sites for hydroxylation is 3. The molecule has 3 heterocycles. The van der Waals surface area contributed by atoms with Crippen molar-refractivity contribution in [1.82, 2.24) is 24.6 Å². The second-order valence-electron chi connectivity index (χ2n) is 5.94. The Bertz CT molecular complexity index is 782. The molecule has 24 heavy (non-hydrogen) atoms. The van der Waals surface area contributed by atoms with Crippen LogP contribution in [0.4, 0.5) is 0 Å². The highest BCUT2D eigenvalue weighted by molar-refractivity contribution is 5.76. The highest BCUT2D eigenvalue weighted by Gasteiger charge is 2.27. The molecule has 0 aromatic carbocycles. The van der Waals surface area contributed by atoms with Crippen LogP contribution in [0.25, 0.3) is 0 Å². The van der Waals surface area contributed by atoms with Crippen molar-refractivity contribution in [2.24, 2.45) is 0 Å². The first kappa shape index (κ1) is 16.4. The maximum Gasteiger partial charge on any atom is 0.251 e. The summed E-state index contributed by atoms with van der Waals surface area (Å²) in [5, 5.41) is 4.28. The number of hydrogen-bond acceptors (Lipinski definition) is 5. The topological polar surface area (TPSA) is 93.1 Å². The smallest absolute Gasteiger partial charge is 0.251 e. The fourth-order valence-electron chi connectivity index (χ4n) is 2.75. The summed E-state index contributed by atoms with van der Waals surface area (Å²) in [4.78, 5) is 32.8. The molecule has 1 N–H and O–H groups in total. The highest BCUT2D eigenvalue weighted by atomic mass is 16.5. The predicted molar refractivity (Wildman–Crippen MR) is 86.4 cm³/mol. The van der Waals surface area contributed by atoms with E-state index in [-0.39, 0.29) is 11.5 Å². The van der Waals surface area contributed by atoms with Crippen LogP contribution in [0.2, 0.25) is 0 Å². The van der Waals surface area contributed by atoms with Crippen molar-refractivity contribution in [1.29, 1.82) is 0 Å². The number of carbonyl (C=O) groups is 1. The van der Waals surface area contributed by atoms with Gasteiger partial charge < -0.3 is 14.6 Å². The van der Waals surface area contributed by atoms with Gasteiger partial charge in [-0.15, -0.1) is 0 Å². The quantitative estimate of drug-likeness (QED) is 0.884. The van der Waals surface area contributed by atoms with Gasteiger partial charge in [-0.05, 0) is 19.9 Å². The number of carbonyl (C=O) groups excluding carboxylic acids is 1. The number of morpholine rings is 1. The van der Waals surface area contributed by atoms with E-state index >= 15 is 0 Å². The van der Waals surface area contributed by atoms with Crippen LogP contribution < -0.4 is 5.56 Å². The van der Waals surface area contributed by atoms with Crippen LogP contribution >= 0.6 is 0 Å². The van der Waals surface area contributed by atoms with Gasteiger partial charge in [0.15, 0.2) is 0 Å². The molecule has 0 spiro atoms. The fraction of sp³-hybridized carbons (Fsp3) is 0.500. The molecule has 2 aromatic heterocycles. The molecule has 8 nitrogen and oxygen atoms in total. The van der Waals surface area contributed by atoms with Gasteiger partial charge in [0.25, 0.3) is 5.56 Å². The Morgan fingerprint density at radius 2 is 2.25 bits per heavy atom. The lowest BCUT2D eigenvalue weighted by Crippen LogP contribution is -2.43. The molecule has 0 bridgehead atoms. The van der Waals surface area contributed by atoms with Crippen LogP contribution in [0.5, 0.6) is 0 Å². The molecule has 0 saturated carbocycles. The van der Waals surface area contributed by atoms with E-state index < -0.39 is 6.10 Å². The Morgan fingerprint density at radius 1 is 1.42 bits per heavy atom. The van der Waals surface area contributed by atoms with Gasteiger partial charge in [0.2, 0.25) is 5.91 Å². The van der Waals surface area contributed by atoms with Gasteiger partial charge in [-0.1, -0.05) is 0 Å². The SMILES string of the molecule is Cc1cc(=O)[nH]c([C@@H]2CN(C(=O)CCn3ccc(C)n3)CCO2)n1. The van der Waals surface area contributed by atoms with Gasteiger partial charge in [0.05, 0.1) is 18.8 Å². The minimum Gasteiger partial charge on any atom is -0.367 e. The van der Waals surface area contributed by atoms with Crippen LogP contribution in [0.3, 0.4) is 0 Å². The minimum atomic E-state index is -0.401. The molecular formula is C16H21N5O3. The number of aromatic nitrogens is 4. The van der Waals surface area contributed by atoms with Crippen molar-refractivity contribution in [3.8, 4) is 0 Å². The van der Waals surface area contributed by atoms with Crippen LogP contribution in [0.15, 0.2) is 23.1 Å². The third-order valence-electron chi connectivity index (χ3n) is 3.94. The average molecular weight is 331 g/mol. The molecule has 8 heteroatoms. The second-order valence-corrected chi connectivity index (χ2v) is 5.94. The lowest BCUT2D eigenvalue weighted by Gasteiger charge is -2.32. The van der Waals surface area contributed by atoms with Crippen LogP contribution in [-0.2, 0) is 16.1 Å². The molecule has 0 radical (unpaired) electrons. The standard InChI is InChI=1S/C16H21N5O3/c1-11-3-5-21(19-11)6-4-15(23)20-7-8-24-13(10-20)16-17-12(2)9-14(22)18-16/h3,5,9,13H,4,6-8,10H2,1-2H3,(H,17,18,22)/t13-/m0/s1. The summed E-state index contributed by atoms with van der Waals surface area (Å²) < 4.78 is 7.45. The van der Waals surface area contributed by atoms with Crippen molar-refractivity contribution >= 4 is 5.91 Å².